The number of anilines is 1. The minimum atomic E-state index is -0.564. The highest BCUT2D eigenvalue weighted by Gasteiger charge is 2.35. The van der Waals surface area contributed by atoms with Crippen LogP contribution in [0.5, 0.6) is 11.5 Å². The number of nitrogens with zero attached hydrogens (tertiary/aromatic N) is 2. The van der Waals surface area contributed by atoms with Crippen LogP contribution >= 0.6 is 23.2 Å². The van der Waals surface area contributed by atoms with Crippen molar-refractivity contribution in [2.75, 3.05) is 18.1 Å². The van der Waals surface area contributed by atoms with Gasteiger partial charge in [0.25, 0.3) is 0 Å². The topological polar surface area (TPSA) is 80.2 Å². The second kappa shape index (κ2) is 12.1. The van der Waals surface area contributed by atoms with E-state index in [-0.39, 0.29) is 31.4 Å². The van der Waals surface area contributed by atoms with Crippen LogP contribution in [0.15, 0.2) is 65.8 Å². The van der Waals surface area contributed by atoms with Gasteiger partial charge in [0.15, 0.2) is 11.5 Å². The van der Waals surface area contributed by atoms with E-state index >= 15 is 0 Å². The highest BCUT2D eigenvalue weighted by Crippen LogP contribution is 2.30. The van der Waals surface area contributed by atoms with Crippen molar-refractivity contribution in [3.05, 3.63) is 87.7 Å². The normalized spacial score (nSPS) is 15.3. The van der Waals surface area contributed by atoms with Gasteiger partial charge in [0, 0.05) is 18.7 Å². The Morgan fingerprint density at radius 3 is 2.59 bits per heavy atom. The number of nitrogens with one attached hydrogen (secondary N) is 1. The third-order valence-electron chi connectivity index (χ3n) is 5.67. The van der Waals surface area contributed by atoms with E-state index in [1.165, 1.54) is 35.4 Å². The van der Waals surface area contributed by atoms with E-state index in [1.54, 1.807) is 30.3 Å². The van der Waals surface area contributed by atoms with E-state index in [1.807, 2.05) is 13.0 Å². The number of hydrogen-bond donors (Lipinski definition) is 1. The van der Waals surface area contributed by atoms with Gasteiger partial charge in [0.1, 0.15) is 12.4 Å². The Labute approximate surface area is 223 Å². The highest BCUT2D eigenvalue weighted by atomic mass is 35.5. The number of amides is 2. The Morgan fingerprint density at radius 2 is 1.86 bits per heavy atom. The number of carbonyl (C=O) groups is 2. The SMILES string of the molecule is CCOc1cc(/C=N\NC(=O)[C@H]2CC(=O)N(c3ccc(F)cc3)C2)ccc1OCc1ccc(Cl)c(Cl)c1. The van der Waals surface area contributed by atoms with Crippen LogP contribution in [0, 0.1) is 11.7 Å². The van der Waals surface area contributed by atoms with E-state index in [4.69, 9.17) is 32.7 Å². The summed E-state index contributed by atoms with van der Waals surface area (Å²) in [5.74, 6) is -0.466. The third-order valence-corrected chi connectivity index (χ3v) is 6.41. The van der Waals surface area contributed by atoms with Crippen LogP contribution in [-0.4, -0.2) is 31.2 Å². The lowest BCUT2D eigenvalue weighted by Crippen LogP contribution is -2.30. The smallest absolute Gasteiger partial charge is 0.245 e. The quantitative estimate of drug-likeness (QED) is 0.281. The molecule has 192 valence electrons. The molecular formula is C27H24Cl2FN3O4. The second-order valence-electron chi connectivity index (χ2n) is 8.29. The minimum absolute atomic E-state index is 0.0537. The maximum Gasteiger partial charge on any atom is 0.245 e. The second-order valence-corrected chi connectivity index (χ2v) is 9.11. The molecule has 7 nitrogen and oxygen atoms in total. The maximum atomic E-state index is 13.2. The molecule has 1 N–H and O–H groups in total. The molecule has 1 saturated heterocycles. The van der Waals surface area contributed by atoms with Gasteiger partial charge in [0.05, 0.1) is 28.8 Å². The molecule has 0 saturated carbocycles. The Morgan fingerprint density at radius 1 is 1.08 bits per heavy atom. The van der Waals surface area contributed by atoms with Gasteiger partial charge >= 0.3 is 0 Å². The van der Waals surface area contributed by atoms with Gasteiger partial charge in [-0.2, -0.15) is 5.10 Å². The molecule has 3 aromatic carbocycles. The largest absolute Gasteiger partial charge is 0.490 e. The molecule has 0 bridgehead atoms. The molecule has 0 radical (unpaired) electrons. The number of halogens is 3. The summed E-state index contributed by atoms with van der Waals surface area (Å²) in [6.45, 7) is 2.77. The van der Waals surface area contributed by atoms with E-state index in [0.29, 0.717) is 39.4 Å². The van der Waals surface area contributed by atoms with Crippen molar-refractivity contribution in [1.82, 2.24) is 5.43 Å². The fourth-order valence-corrected chi connectivity index (χ4v) is 4.12. The first-order valence-corrected chi connectivity index (χ1v) is 12.3. The van der Waals surface area contributed by atoms with Crippen LogP contribution in [0.2, 0.25) is 10.0 Å². The minimum Gasteiger partial charge on any atom is -0.490 e. The van der Waals surface area contributed by atoms with Crippen molar-refractivity contribution in [3.63, 3.8) is 0 Å². The molecule has 0 aromatic heterocycles. The number of hydrazone groups is 1. The third kappa shape index (κ3) is 6.78. The molecule has 0 spiro atoms. The Kier molecular flexibility index (Phi) is 8.63. The van der Waals surface area contributed by atoms with Crippen molar-refractivity contribution < 1.29 is 23.5 Å². The molecule has 1 fully saturated rings. The maximum absolute atomic E-state index is 13.2. The van der Waals surface area contributed by atoms with Gasteiger partial charge in [-0.1, -0.05) is 29.3 Å². The molecule has 0 unspecified atom stereocenters. The summed E-state index contributed by atoms with van der Waals surface area (Å²) in [4.78, 5) is 26.4. The summed E-state index contributed by atoms with van der Waals surface area (Å²) in [7, 11) is 0. The zero-order valence-electron chi connectivity index (χ0n) is 19.9. The van der Waals surface area contributed by atoms with Gasteiger partial charge in [-0.05, 0) is 72.6 Å². The standard InChI is InChI=1S/C27H24Cl2FN3O4/c1-2-36-25-12-17(4-10-24(25)37-16-18-3-9-22(28)23(29)11-18)14-31-32-27(35)19-13-26(34)33(15-19)21-7-5-20(30)6-8-21/h3-12,14,19H,2,13,15-16H2,1H3,(H,32,35)/b31-14-/t19-/m0/s1. The first kappa shape index (κ1) is 26.4. The van der Waals surface area contributed by atoms with Gasteiger partial charge < -0.3 is 14.4 Å². The van der Waals surface area contributed by atoms with Crippen molar-refractivity contribution in [2.45, 2.75) is 20.0 Å². The zero-order chi connectivity index (χ0) is 26.4. The van der Waals surface area contributed by atoms with Crippen molar-refractivity contribution in [2.24, 2.45) is 11.0 Å². The van der Waals surface area contributed by atoms with Crippen LogP contribution in [0.1, 0.15) is 24.5 Å². The number of benzene rings is 3. The lowest BCUT2D eigenvalue weighted by Gasteiger charge is -2.16. The lowest BCUT2D eigenvalue weighted by molar-refractivity contribution is -0.126. The number of carbonyl (C=O) groups excluding carboxylic acids is 2. The molecule has 10 heteroatoms. The molecule has 2 amide bonds. The molecule has 1 aliphatic rings. The van der Waals surface area contributed by atoms with Crippen LogP contribution < -0.4 is 19.8 Å². The van der Waals surface area contributed by atoms with Crippen molar-refractivity contribution in [1.29, 1.82) is 0 Å². The van der Waals surface area contributed by atoms with E-state index < -0.39 is 11.7 Å². The molecule has 4 rings (SSSR count). The Balaban J connectivity index is 1.35. The fraction of sp³-hybridized carbons (Fsp3) is 0.222. The first-order valence-electron chi connectivity index (χ1n) is 11.6. The van der Waals surface area contributed by atoms with Crippen molar-refractivity contribution in [3.8, 4) is 11.5 Å². The summed E-state index contributed by atoms with van der Waals surface area (Å²) in [6, 6.07) is 16.1. The summed E-state index contributed by atoms with van der Waals surface area (Å²) in [6.07, 6.45) is 1.54. The van der Waals surface area contributed by atoms with Crippen LogP contribution in [-0.2, 0) is 16.2 Å². The van der Waals surface area contributed by atoms with E-state index in [0.717, 1.165) is 5.56 Å². The molecule has 37 heavy (non-hydrogen) atoms. The van der Waals surface area contributed by atoms with Gasteiger partial charge in [-0.3, -0.25) is 9.59 Å². The van der Waals surface area contributed by atoms with Gasteiger partial charge in [-0.25, -0.2) is 9.82 Å². The first-order chi connectivity index (χ1) is 17.8. The van der Waals surface area contributed by atoms with Gasteiger partial charge in [-0.15, -0.1) is 0 Å². The summed E-state index contributed by atoms with van der Waals surface area (Å²) >= 11 is 12.0. The molecule has 1 aliphatic heterocycles. The van der Waals surface area contributed by atoms with Crippen LogP contribution in [0.25, 0.3) is 0 Å². The molecule has 1 heterocycles. The summed E-state index contributed by atoms with van der Waals surface area (Å²) in [5, 5.41) is 4.96. The van der Waals surface area contributed by atoms with E-state index in [2.05, 4.69) is 10.5 Å². The molecule has 0 aliphatic carbocycles. The summed E-state index contributed by atoms with van der Waals surface area (Å²) in [5.41, 5.74) is 4.58. The predicted octanol–water partition coefficient (Wildman–Crippen LogP) is 5.61. The molecule has 1 atom stereocenters. The van der Waals surface area contributed by atoms with Crippen LogP contribution in [0.3, 0.4) is 0 Å². The fourth-order valence-electron chi connectivity index (χ4n) is 3.80. The van der Waals surface area contributed by atoms with Crippen LogP contribution in [0.4, 0.5) is 10.1 Å². The predicted molar refractivity (Wildman–Crippen MR) is 141 cm³/mol. The molecule has 3 aromatic rings. The highest BCUT2D eigenvalue weighted by molar-refractivity contribution is 6.42. The summed E-state index contributed by atoms with van der Waals surface area (Å²) < 4.78 is 24.8. The average Bonchev–Trinajstić information content (AvgIpc) is 3.28. The zero-order valence-corrected chi connectivity index (χ0v) is 21.4. The number of rotatable bonds is 9. The Bertz CT molecular complexity index is 1320. The molecular weight excluding hydrogens is 520 g/mol. The number of ether oxygens (including phenoxy) is 2. The van der Waals surface area contributed by atoms with Crippen molar-refractivity contribution >= 4 is 46.9 Å². The van der Waals surface area contributed by atoms with E-state index in [9.17, 15) is 14.0 Å². The average molecular weight is 544 g/mol. The lowest BCUT2D eigenvalue weighted by atomic mass is 10.1. The van der Waals surface area contributed by atoms with Gasteiger partial charge in [0.2, 0.25) is 11.8 Å². The number of hydrogen-bond acceptors (Lipinski definition) is 5. The Hall–Kier alpha value is -3.62. The monoisotopic (exact) mass is 543 g/mol.